The molecule has 2 heteroatoms. The highest BCUT2D eigenvalue weighted by Gasteiger charge is 2.02. The van der Waals surface area contributed by atoms with Gasteiger partial charge in [-0.2, -0.15) is 0 Å². The number of carbonyl (C=O) groups excluding carboxylic acids is 1. The maximum Gasteiger partial charge on any atom is 0.220 e. The molecule has 92 valence electrons. The van der Waals surface area contributed by atoms with Crippen LogP contribution in [0.1, 0.15) is 66.7 Å². The van der Waals surface area contributed by atoms with E-state index in [1.165, 1.54) is 19.3 Å². The Morgan fingerprint density at radius 1 is 1.13 bits per heavy atom. The quantitative estimate of drug-likeness (QED) is 0.644. The third-order valence-electron chi connectivity index (χ3n) is 1.95. The average molecular weight is 215 g/mol. The topological polar surface area (TPSA) is 29.1 Å². The van der Waals surface area contributed by atoms with E-state index in [4.69, 9.17) is 0 Å². The van der Waals surface area contributed by atoms with Crippen molar-refractivity contribution in [1.29, 1.82) is 0 Å². The first-order valence-electron chi connectivity index (χ1n) is 6.43. The van der Waals surface area contributed by atoms with Gasteiger partial charge in [-0.05, 0) is 12.3 Å². The van der Waals surface area contributed by atoms with E-state index >= 15 is 0 Å². The predicted molar refractivity (Wildman–Crippen MR) is 68.0 cm³/mol. The predicted octanol–water partition coefficient (Wildman–Crippen LogP) is 3.76. The third kappa shape index (κ3) is 16.2. The average Bonchev–Trinajstić information content (AvgIpc) is 2.19. The van der Waals surface area contributed by atoms with Gasteiger partial charge in [0, 0.05) is 13.0 Å². The summed E-state index contributed by atoms with van der Waals surface area (Å²) in [6, 6.07) is 0. The van der Waals surface area contributed by atoms with E-state index in [1.54, 1.807) is 0 Å². The van der Waals surface area contributed by atoms with E-state index in [9.17, 15) is 4.79 Å². The van der Waals surface area contributed by atoms with Gasteiger partial charge in [-0.1, -0.05) is 53.9 Å². The Balaban J connectivity index is 0. The van der Waals surface area contributed by atoms with Crippen molar-refractivity contribution in [2.45, 2.75) is 66.7 Å². The minimum Gasteiger partial charge on any atom is -0.356 e. The largest absolute Gasteiger partial charge is 0.356 e. The number of carbonyl (C=O) groups is 1. The molecule has 0 unspecified atom stereocenters. The summed E-state index contributed by atoms with van der Waals surface area (Å²) < 4.78 is 0. The second kappa shape index (κ2) is 13.5. The Morgan fingerprint density at radius 2 is 1.73 bits per heavy atom. The van der Waals surface area contributed by atoms with Crippen LogP contribution in [-0.2, 0) is 4.79 Å². The summed E-state index contributed by atoms with van der Waals surface area (Å²) >= 11 is 0. The third-order valence-corrected chi connectivity index (χ3v) is 1.95. The molecule has 15 heavy (non-hydrogen) atoms. The van der Waals surface area contributed by atoms with E-state index in [-0.39, 0.29) is 5.91 Å². The van der Waals surface area contributed by atoms with Crippen LogP contribution in [0.25, 0.3) is 0 Å². The molecular weight excluding hydrogens is 186 g/mol. The molecule has 0 aromatic rings. The summed E-state index contributed by atoms with van der Waals surface area (Å²) in [5.74, 6) is 0.669. The summed E-state index contributed by atoms with van der Waals surface area (Å²) in [6.45, 7) is 11.2. The molecule has 1 amide bonds. The lowest BCUT2D eigenvalue weighted by Crippen LogP contribution is -2.25. The number of hydrogen-bond donors (Lipinski definition) is 1. The SMILES string of the molecule is CC.CCCCCCNC(=O)CC(C)C. The Morgan fingerprint density at radius 3 is 2.20 bits per heavy atom. The highest BCUT2D eigenvalue weighted by molar-refractivity contribution is 5.75. The van der Waals surface area contributed by atoms with E-state index in [2.05, 4.69) is 26.1 Å². The fraction of sp³-hybridized carbons (Fsp3) is 0.923. The van der Waals surface area contributed by atoms with Crippen LogP contribution in [0.4, 0.5) is 0 Å². The molecule has 0 aliphatic carbocycles. The van der Waals surface area contributed by atoms with Gasteiger partial charge in [0.2, 0.25) is 5.91 Å². The van der Waals surface area contributed by atoms with Crippen LogP contribution < -0.4 is 5.32 Å². The van der Waals surface area contributed by atoms with Gasteiger partial charge >= 0.3 is 0 Å². The van der Waals surface area contributed by atoms with Crippen LogP contribution in [0.15, 0.2) is 0 Å². The van der Waals surface area contributed by atoms with Crippen molar-refractivity contribution in [3.05, 3.63) is 0 Å². The Bertz CT molecular complexity index is 132. The molecule has 0 rings (SSSR count). The number of nitrogens with one attached hydrogen (secondary N) is 1. The molecule has 0 saturated heterocycles. The zero-order valence-electron chi connectivity index (χ0n) is 11.2. The molecule has 0 radical (unpaired) electrons. The molecular formula is C13H29NO. The summed E-state index contributed by atoms with van der Waals surface area (Å²) in [7, 11) is 0. The zero-order valence-corrected chi connectivity index (χ0v) is 11.2. The van der Waals surface area contributed by atoms with Crippen LogP contribution in [-0.4, -0.2) is 12.5 Å². The summed E-state index contributed by atoms with van der Waals surface area (Å²) in [4.78, 5) is 11.2. The molecule has 0 aromatic heterocycles. The lowest BCUT2D eigenvalue weighted by molar-refractivity contribution is -0.121. The summed E-state index contributed by atoms with van der Waals surface area (Å²) in [5.41, 5.74) is 0. The summed E-state index contributed by atoms with van der Waals surface area (Å²) in [6.07, 6.45) is 5.55. The van der Waals surface area contributed by atoms with Crippen LogP contribution in [0.2, 0.25) is 0 Å². The van der Waals surface area contributed by atoms with Crippen molar-refractivity contribution in [3.8, 4) is 0 Å². The van der Waals surface area contributed by atoms with Gasteiger partial charge in [0.15, 0.2) is 0 Å². The monoisotopic (exact) mass is 215 g/mol. The van der Waals surface area contributed by atoms with Gasteiger partial charge in [0.05, 0.1) is 0 Å². The number of amides is 1. The molecule has 0 saturated carbocycles. The standard InChI is InChI=1S/C11H23NO.C2H6/c1-4-5-6-7-8-12-11(13)9-10(2)3;1-2/h10H,4-9H2,1-3H3,(H,12,13);1-2H3. The minimum absolute atomic E-state index is 0.200. The molecule has 0 aliphatic heterocycles. The molecule has 2 nitrogen and oxygen atoms in total. The number of unbranched alkanes of at least 4 members (excludes halogenated alkanes) is 3. The molecule has 0 aliphatic rings. The van der Waals surface area contributed by atoms with E-state index in [1.807, 2.05) is 13.8 Å². The van der Waals surface area contributed by atoms with Crippen LogP contribution in [0, 0.1) is 5.92 Å². The maximum absolute atomic E-state index is 11.2. The number of hydrogen-bond acceptors (Lipinski definition) is 1. The second-order valence-corrected chi connectivity index (χ2v) is 4.01. The van der Waals surface area contributed by atoms with Gasteiger partial charge in [0.25, 0.3) is 0 Å². The first kappa shape index (κ1) is 16.9. The lowest BCUT2D eigenvalue weighted by Gasteiger charge is -2.06. The van der Waals surface area contributed by atoms with Crippen LogP contribution in [0.5, 0.6) is 0 Å². The van der Waals surface area contributed by atoms with Crippen molar-refractivity contribution in [2.75, 3.05) is 6.54 Å². The van der Waals surface area contributed by atoms with E-state index in [0.29, 0.717) is 12.3 Å². The van der Waals surface area contributed by atoms with Gasteiger partial charge in [-0.15, -0.1) is 0 Å². The van der Waals surface area contributed by atoms with Gasteiger partial charge in [0.1, 0.15) is 0 Å². The molecule has 0 spiro atoms. The van der Waals surface area contributed by atoms with Gasteiger partial charge in [-0.25, -0.2) is 0 Å². The van der Waals surface area contributed by atoms with E-state index in [0.717, 1.165) is 13.0 Å². The normalized spacial score (nSPS) is 9.47. The van der Waals surface area contributed by atoms with Crippen molar-refractivity contribution >= 4 is 5.91 Å². The van der Waals surface area contributed by atoms with Crippen molar-refractivity contribution in [3.63, 3.8) is 0 Å². The van der Waals surface area contributed by atoms with E-state index < -0.39 is 0 Å². The maximum atomic E-state index is 11.2. The van der Waals surface area contributed by atoms with Crippen molar-refractivity contribution in [1.82, 2.24) is 5.32 Å². The van der Waals surface area contributed by atoms with Gasteiger partial charge in [-0.3, -0.25) is 4.79 Å². The number of rotatable bonds is 7. The molecule has 0 heterocycles. The smallest absolute Gasteiger partial charge is 0.220 e. The second-order valence-electron chi connectivity index (χ2n) is 4.01. The highest BCUT2D eigenvalue weighted by atomic mass is 16.1. The molecule has 0 atom stereocenters. The summed E-state index contributed by atoms with van der Waals surface area (Å²) in [5, 5.41) is 2.93. The fourth-order valence-corrected chi connectivity index (χ4v) is 1.22. The Labute approximate surface area is 95.8 Å². The lowest BCUT2D eigenvalue weighted by atomic mass is 10.1. The van der Waals surface area contributed by atoms with Crippen molar-refractivity contribution in [2.24, 2.45) is 5.92 Å². The van der Waals surface area contributed by atoms with Gasteiger partial charge < -0.3 is 5.32 Å². The zero-order chi connectivity index (χ0) is 12.1. The molecule has 0 fully saturated rings. The molecule has 0 bridgehead atoms. The minimum atomic E-state index is 0.200. The van der Waals surface area contributed by atoms with Crippen molar-refractivity contribution < 1.29 is 4.79 Å². The first-order valence-corrected chi connectivity index (χ1v) is 6.43. The first-order chi connectivity index (χ1) is 7.16. The Kier molecular flexibility index (Phi) is 15.2. The van der Waals surface area contributed by atoms with Crippen LogP contribution >= 0.6 is 0 Å². The highest BCUT2D eigenvalue weighted by Crippen LogP contribution is 1.99. The molecule has 1 N–H and O–H groups in total. The van der Waals surface area contributed by atoms with Crippen LogP contribution in [0.3, 0.4) is 0 Å². The molecule has 0 aromatic carbocycles. The Hall–Kier alpha value is -0.530. The fourth-order valence-electron chi connectivity index (χ4n) is 1.22.